The van der Waals surface area contributed by atoms with Gasteiger partial charge in [0.2, 0.25) is 11.7 Å². The summed E-state index contributed by atoms with van der Waals surface area (Å²) in [7, 11) is 0. The van der Waals surface area contributed by atoms with Crippen molar-refractivity contribution >= 4 is 40.0 Å². The lowest BCUT2D eigenvalue weighted by atomic mass is 10.0. The molecule has 5 nitrogen and oxygen atoms in total. The Hall–Kier alpha value is -4.08. The number of allylic oxidation sites excluding steroid dienone is 1. The van der Waals surface area contributed by atoms with Crippen molar-refractivity contribution in [2.75, 3.05) is 4.90 Å². The lowest BCUT2D eigenvalue weighted by molar-refractivity contribution is -0.117. The smallest absolute Gasteiger partial charge is 0.245 e. The van der Waals surface area contributed by atoms with Crippen LogP contribution in [0, 0.1) is 18.3 Å². The highest BCUT2D eigenvalue weighted by molar-refractivity contribution is 8.05. The number of carbonyl (C=O) groups is 2. The summed E-state index contributed by atoms with van der Waals surface area (Å²) < 4.78 is 0. The number of H-pyrrole nitrogens is 1. The molecule has 0 spiro atoms. The fraction of sp³-hybridized carbons (Fsp3) is 0.107. The van der Waals surface area contributed by atoms with Gasteiger partial charge in [0.15, 0.2) is 0 Å². The highest BCUT2D eigenvalue weighted by Crippen LogP contribution is 2.42. The van der Waals surface area contributed by atoms with Crippen molar-refractivity contribution in [3.63, 3.8) is 0 Å². The molecule has 2 heterocycles. The number of fused-ring (bicyclic) bond motifs is 1. The fourth-order valence-corrected chi connectivity index (χ4v) is 5.44. The second-order valence-electron chi connectivity index (χ2n) is 8.17. The molecule has 1 aliphatic rings. The van der Waals surface area contributed by atoms with Crippen LogP contribution in [0.5, 0.6) is 0 Å². The molecule has 1 amide bonds. The Morgan fingerprint density at radius 3 is 2.47 bits per heavy atom. The Labute approximate surface area is 201 Å². The first-order chi connectivity index (χ1) is 16.6. The van der Waals surface area contributed by atoms with Crippen molar-refractivity contribution in [1.29, 1.82) is 5.26 Å². The predicted molar refractivity (Wildman–Crippen MR) is 135 cm³/mol. The van der Waals surface area contributed by atoms with Crippen LogP contribution in [0.1, 0.15) is 21.5 Å². The molecular weight excluding hydrogens is 442 g/mol. The molecule has 1 fully saturated rings. The second kappa shape index (κ2) is 9.05. The van der Waals surface area contributed by atoms with Crippen LogP contribution in [0.2, 0.25) is 0 Å². The number of hydrogen-bond donors (Lipinski definition) is 1. The highest BCUT2D eigenvalue weighted by atomic mass is 32.2. The van der Waals surface area contributed by atoms with Gasteiger partial charge in [0.25, 0.3) is 0 Å². The Kier molecular flexibility index (Phi) is 5.79. The van der Waals surface area contributed by atoms with E-state index >= 15 is 0 Å². The number of aromatic nitrogens is 1. The number of nitrogens with zero attached hydrogens (tertiary/aromatic N) is 2. The van der Waals surface area contributed by atoms with Gasteiger partial charge in [-0.05, 0) is 37.1 Å². The molecule has 166 valence electrons. The highest BCUT2D eigenvalue weighted by Gasteiger charge is 2.41. The molecule has 1 aromatic heterocycles. The van der Waals surface area contributed by atoms with Crippen LogP contribution in [0.3, 0.4) is 0 Å². The zero-order chi connectivity index (χ0) is 23.7. The summed E-state index contributed by atoms with van der Waals surface area (Å²) in [6.07, 6.45) is 2.14. The van der Waals surface area contributed by atoms with Crippen molar-refractivity contribution in [3.8, 4) is 6.07 Å². The minimum atomic E-state index is -0.433. The summed E-state index contributed by atoms with van der Waals surface area (Å²) in [6.45, 7) is 2.02. The Morgan fingerprint density at radius 1 is 1.03 bits per heavy atom. The van der Waals surface area contributed by atoms with Crippen LogP contribution in [0.15, 0.2) is 95.7 Å². The van der Waals surface area contributed by atoms with E-state index in [2.05, 4.69) is 11.1 Å². The first kappa shape index (κ1) is 21.7. The largest absolute Gasteiger partial charge is 0.360 e. The number of nitrogens with one attached hydrogen (secondary N) is 1. The molecule has 0 bridgehead atoms. The van der Waals surface area contributed by atoms with Gasteiger partial charge in [-0.15, -0.1) is 0 Å². The molecule has 0 saturated carbocycles. The number of thioether (sulfide) groups is 1. The SMILES string of the molecule is Cc1ccc(C[C@@H]2S/C(=C(\C#N)C(=O)c3c[nH]c4ccccc34)N(c3ccccc3)C2=O)cc1. The summed E-state index contributed by atoms with van der Waals surface area (Å²) in [6, 6.07) is 26.8. The van der Waals surface area contributed by atoms with E-state index in [0.29, 0.717) is 22.7 Å². The third-order valence-electron chi connectivity index (χ3n) is 5.90. The van der Waals surface area contributed by atoms with Gasteiger partial charge in [0.1, 0.15) is 16.7 Å². The standard InChI is InChI=1S/C28H21N3O2S/c1-18-11-13-19(14-12-18)15-25-27(33)31(20-7-3-2-4-8-20)28(34-25)22(16-29)26(32)23-17-30-24-10-6-5-9-21(23)24/h2-14,17,25,30H,15H2,1H3/b28-22+/t25-/m0/s1. The number of carbonyl (C=O) groups excluding carboxylic acids is 2. The number of anilines is 1. The maximum absolute atomic E-state index is 13.6. The normalized spacial score (nSPS) is 17.1. The molecule has 4 aromatic rings. The van der Waals surface area contributed by atoms with Crippen molar-refractivity contribution in [2.45, 2.75) is 18.6 Å². The number of Topliss-reactive ketones (excluding diaryl/α,β-unsaturated/α-hetero) is 1. The maximum atomic E-state index is 13.6. The number of ketones is 1. The zero-order valence-electron chi connectivity index (χ0n) is 18.5. The molecule has 3 aromatic carbocycles. The van der Waals surface area contributed by atoms with Gasteiger partial charge in [-0.3, -0.25) is 14.5 Å². The first-order valence-electron chi connectivity index (χ1n) is 10.9. The third-order valence-corrected chi connectivity index (χ3v) is 7.16. The first-order valence-corrected chi connectivity index (χ1v) is 11.8. The summed E-state index contributed by atoms with van der Waals surface area (Å²) >= 11 is 1.29. The van der Waals surface area contributed by atoms with E-state index in [-0.39, 0.29) is 11.5 Å². The van der Waals surface area contributed by atoms with Crippen molar-refractivity contribution in [1.82, 2.24) is 4.98 Å². The molecule has 1 atom stereocenters. The maximum Gasteiger partial charge on any atom is 0.245 e. The number of benzene rings is 3. The average Bonchev–Trinajstić information content (AvgIpc) is 3.43. The van der Waals surface area contributed by atoms with Crippen molar-refractivity contribution in [3.05, 3.63) is 112 Å². The van der Waals surface area contributed by atoms with Gasteiger partial charge >= 0.3 is 0 Å². The van der Waals surface area contributed by atoms with Crippen LogP contribution >= 0.6 is 11.8 Å². The Balaban J connectivity index is 1.59. The van der Waals surface area contributed by atoms with E-state index in [0.717, 1.165) is 22.0 Å². The van der Waals surface area contributed by atoms with E-state index in [1.807, 2.05) is 85.8 Å². The molecule has 1 aliphatic heterocycles. The van der Waals surface area contributed by atoms with E-state index in [9.17, 15) is 14.9 Å². The van der Waals surface area contributed by atoms with E-state index in [4.69, 9.17) is 0 Å². The zero-order valence-corrected chi connectivity index (χ0v) is 19.3. The third kappa shape index (κ3) is 3.91. The number of hydrogen-bond acceptors (Lipinski definition) is 4. The summed E-state index contributed by atoms with van der Waals surface area (Å²) in [4.78, 5) is 31.8. The van der Waals surface area contributed by atoms with Crippen LogP contribution in [-0.4, -0.2) is 21.9 Å². The molecular formula is C28H21N3O2S. The minimum Gasteiger partial charge on any atom is -0.360 e. The number of aryl methyl sites for hydroxylation is 1. The molecule has 1 N–H and O–H groups in total. The van der Waals surface area contributed by atoms with Crippen molar-refractivity contribution < 1.29 is 9.59 Å². The Bertz CT molecular complexity index is 1460. The Morgan fingerprint density at radius 2 is 1.74 bits per heavy atom. The summed E-state index contributed by atoms with van der Waals surface area (Å²) in [5.74, 6) is -0.529. The lowest BCUT2D eigenvalue weighted by Gasteiger charge is -2.18. The molecule has 0 unspecified atom stereocenters. The number of nitriles is 1. The summed E-state index contributed by atoms with van der Waals surface area (Å²) in [5, 5.41) is 10.8. The van der Waals surface area contributed by atoms with Crippen LogP contribution in [-0.2, 0) is 11.2 Å². The predicted octanol–water partition coefficient (Wildman–Crippen LogP) is 5.79. The minimum absolute atomic E-state index is 0.0293. The topological polar surface area (TPSA) is 77.0 Å². The molecule has 1 saturated heterocycles. The van der Waals surface area contributed by atoms with Gasteiger partial charge in [-0.2, -0.15) is 5.26 Å². The molecule has 34 heavy (non-hydrogen) atoms. The van der Waals surface area contributed by atoms with Gasteiger partial charge in [-0.25, -0.2) is 0 Å². The van der Waals surface area contributed by atoms with E-state index < -0.39 is 11.0 Å². The van der Waals surface area contributed by atoms with Gasteiger partial charge in [0.05, 0.1) is 5.25 Å². The fourth-order valence-electron chi connectivity index (χ4n) is 4.13. The number of amides is 1. The number of aromatic amines is 1. The van der Waals surface area contributed by atoms with Gasteiger partial charge in [-0.1, -0.05) is 78.0 Å². The molecule has 6 heteroatoms. The van der Waals surface area contributed by atoms with Gasteiger partial charge in [0, 0.05) is 28.4 Å². The lowest BCUT2D eigenvalue weighted by Crippen LogP contribution is -2.30. The van der Waals surface area contributed by atoms with Gasteiger partial charge < -0.3 is 4.98 Å². The monoisotopic (exact) mass is 463 g/mol. The number of para-hydroxylation sites is 2. The summed E-state index contributed by atoms with van der Waals surface area (Å²) in [5.41, 5.74) is 4.03. The van der Waals surface area contributed by atoms with E-state index in [1.165, 1.54) is 16.7 Å². The van der Waals surface area contributed by atoms with Crippen LogP contribution in [0.25, 0.3) is 10.9 Å². The molecule has 5 rings (SSSR count). The van der Waals surface area contributed by atoms with E-state index in [1.54, 1.807) is 6.20 Å². The van der Waals surface area contributed by atoms with Crippen LogP contribution < -0.4 is 4.90 Å². The number of rotatable bonds is 5. The van der Waals surface area contributed by atoms with Crippen molar-refractivity contribution in [2.24, 2.45) is 0 Å². The molecule has 0 radical (unpaired) electrons. The average molecular weight is 464 g/mol. The molecule has 0 aliphatic carbocycles. The van der Waals surface area contributed by atoms with Crippen LogP contribution in [0.4, 0.5) is 5.69 Å². The second-order valence-corrected chi connectivity index (χ2v) is 9.37. The quantitative estimate of drug-likeness (QED) is 0.231.